The zero-order valence-electron chi connectivity index (χ0n) is 12.5. The van der Waals surface area contributed by atoms with Gasteiger partial charge in [0.1, 0.15) is 5.00 Å². The summed E-state index contributed by atoms with van der Waals surface area (Å²) in [6, 6.07) is 0. The van der Waals surface area contributed by atoms with E-state index in [-0.39, 0.29) is 23.0 Å². The second-order valence-electron chi connectivity index (χ2n) is 5.18. The van der Waals surface area contributed by atoms with Gasteiger partial charge in [0.15, 0.2) is 5.78 Å². The topological polar surface area (TPSA) is 89.4 Å². The van der Waals surface area contributed by atoms with Gasteiger partial charge in [-0.3, -0.25) is 9.59 Å². The number of nitrogens with two attached hydrogens (primary N) is 2. The predicted octanol–water partition coefficient (Wildman–Crippen LogP) is 2.50. The average Bonchev–Trinajstić information content (AvgIpc) is 2.72. The van der Waals surface area contributed by atoms with Gasteiger partial charge in [-0.05, 0) is 6.42 Å². The van der Waals surface area contributed by atoms with Crippen LogP contribution in [0.4, 0.5) is 10.7 Å². The molecule has 0 spiro atoms. The van der Waals surface area contributed by atoms with Crippen molar-refractivity contribution in [1.29, 1.82) is 0 Å². The lowest BCUT2D eigenvalue weighted by molar-refractivity contribution is 0.0944. The van der Waals surface area contributed by atoms with E-state index in [1.165, 1.54) is 11.3 Å². The van der Waals surface area contributed by atoms with Crippen LogP contribution in [0.15, 0.2) is 0 Å². The van der Waals surface area contributed by atoms with Crippen LogP contribution in [-0.2, 0) is 0 Å². The second-order valence-corrected chi connectivity index (χ2v) is 6.18. The Morgan fingerprint density at radius 1 is 1.35 bits per heavy atom. The minimum absolute atomic E-state index is 0.0508. The van der Waals surface area contributed by atoms with Crippen molar-refractivity contribution in [3.8, 4) is 0 Å². The molecule has 1 aromatic heterocycles. The third-order valence-corrected chi connectivity index (χ3v) is 4.45. The molecule has 0 bridgehead atoms. The van der Waals surface area contributed by atoms with E-state index in [0.717, 1.165) is 19.4 Å². The van der Waals surface area contributed by atoms with Crippen molar-refractivity contribution in [1.82, 2.24) is 0 Å². The minimum atomic E-state index is -0.583. The number of hydrogen-bond donors (Lipinski definition) is 2. The standard InChI is InChI=1S/C14H23N3O2S/c1-5-6-7-17(4)14-9(13(16)19)10(15)12(20-14)11(18)8(2)3/h8H,5-7,15H2,1-4H3,(H2,16,19). The molecule has 112 valence electrons. The monoisotopic (exact) mass is 297 g/mol. The fraction of sp³-hybridized carbons (Fsp3) is 0.571. The van der Waals surface area contributed by atoms with Crippen LogP contribution in [0.1, 0.15) is 53.6 Å². The smallest absolute Gasteiger partial charge is 0.253 e. The minimum Gasteiger partial charge on any atom is -0.397 e. The lowest BCUT2D eigenvalue weighted by Crippen LogP contribution is -2.22. The summed E-state index contributed by atoms with van der Waals surface area (Å²) in [4.78, 5) is 26.2. The van der Waals surface area contributed by atoms with E-state index in [2.05, 4.69) is 6.92 Å². The van der Waals surface area contributed by atoms with Crippen molar-refractivity contribution in [2.75, 3.05) is 24.2 Å². The Hall–Kier alpha value is -1.56. The van der Waals surface area contributed by atoms with E-state index >= 15 is 0 Å². The van der Waals surface area contributed by atoms with E-state index in [0.29, 0.717) is 9.88 Å². The van der Waals surface area contributed by atoms with Crippen molar-refractivity contribution in [3.63, 3.8) is 0 Å². The maximum absolute atomic E-state index is 12.1. The average molecular weight is 297 g/mol. The van der Waals surface area contributed by atoms with Crippen LogP contribution in [0, 0.1) is 5.92 Å². The van der Waals surface area contributed by atoms with Gasteiger partial charge in [-0.2, -0.15) is 0 Å². The first kappa shape index (κ1) is 16.5. The number of anilines is 2. The summed E-state index contributed by atoms with van der Waals surface area (Å²) >= 11 is 1.26. The highest BCUT2D eigenvalue weighted by Gasteiger charge is 2.26. The molecule has 0 aromatic carbocycles. The molecule has 0 radical (unpaired) electrons. The number of nitrogens with zero attached hydrogens (tertiary/aromatic N) is 1. The fourth-order valence-electron chi connectivity index (χ4n) is 1.88. The lowest BCUT2D eigenvalue weighted by Gasteiger charge is -2.17. The maximum atomic E-state index is 12.1. The van der Waals surface area contributed by atoms with E-state index in [1.807, 2.05) is 25.8 Å². The molecule has 6 heteroatoms. The Labute approximate surface area is 123 Å². The number of ketones is 1. The van der Waals surface area contributed by atoms with Gasteiger partial charge >= 0.3 is 0 Å². The first-order chi connectivity index (χ1) is 9.31. The van der Waals surface area contributed by atoms with Crippen LogP contribution in [0.25, 0.3) is 0 Å². The number of unbranched alkanes of at least 4 members (excludes halogenated alkanes) is 1. The van der Waals surface area contributed by atoms with Gasteiger partial charge in [0.05, 0.1) is 16.1 Å². The van der Waals surface area contributed by atoms with Crippen molar-refractivity contribution < 1.29 is 9.59 Å². The zero-order chi connectivity index (χ0) is 15.4. The Bertz CT molecular complexity index is 509. The predicted molar refractivity (Wildman–Crippen MR) is 84.6 cm³/mol. The normalized spacial score (nSPS) is 10.8. The summed E-state index contributed by atoms with van der Waals surface area (Å²) in [5.74, 6) is -0.796. The molecule has 0 aliphatic rings. The first-order valence-electron chi connectivity index (χ1n) is 6.78. The largest absolute Gasteiger partial charge is 0.397 e. The molecule has 0 saturated carbocycles. The van der Waals surface area contributed by atoms with Crippen LogP contribution in [0.2, 0.25) is 0 Å². The third kappa shape index (κ3) is 3.30. The Kier molecular flexibility index (Phi) is 5.56. The second kappa shape index (κ2) is 6.74. The van der Waals surface area contributed by atoms with Crippen LogP contribution in [0.5, 0.6) is 0 Å². The molecular weight excluding hydrogens is 274 g/mol. The molecule has 0 unspecified atom stereocenters. The van der Waals surface area contributed by atoms with Crippen LogP contribution >= 0.6 is 11.3 Å². The molecule has 0 aliphatic carbocycles. The first-order valence-corrected chi connectivity index (χ1v) is 7.60. The molecule has 5 nitrogen and oxygen atoms in total. The highest BCUT2D eigenvalue weighted by atomic mass is 32.1. The quantitative estimate of drug-likeness (QED) is 0.757. The molecule has 1 amide bonds. The van der Waals surface area contributed by atoms with Crippen LogP contribution in [0.3, 0.4) is 0 Å². The molecule has 0 atom stereocenters. The van der Waals surface area contributed by atoms with Crippen molar-refractivity contribution in [3.05, 3.63) is 10.4 Å². The highest BCUT2D eigenvalue weighted by molar-refractivity contribution is 7.19. The number of rotatable bonds is 7. The Balaban J connectivity index is 3.26. The van der Waals surface area contributed by atoms with E-state index in [4.69, 9.17) is 11.5 Å². The summed E-state index contributed by atoms with van der Waals surface area (Å²) < 4.78 is 0. The number of amides is 1. The highest BCUT2D eigenvalue weighted by Crippen LogP contribution is 2.38. The molecule has 20 heavy (non-hydrogen) atoms. The molecule has 4 N–H and O–H groups in total. The molecule has 1 heterocycles. The Morgan fingerprint density at radius 3 is 2.40 bits per heavy atom. The summed E-state index contributed by atoms with van der Waals surface area (Å²) in [5.41, 5.74) is 11.9. The number of carbonyl (C=O) groups excluding carboxylic acids is 2. The van der Waals surface area contributed by atoms with Gasteiger partial charge in [0.25, 0.3) is 5.91 Å². The van der Waals surface area contributed by atoms with Gasteiger partial charge < -0.3 is 16.4 Å². The van der Waals surface area contributed by atoms with Crippen LogP contribution in [-0.4, -0.2) is 25.3 Å². The van der Waals surface area contributed by atoms with Gasteiger partial charge in [-0.25, -0.2) is 0 Å². The van der Waals surface area contributed by atoms with Gasteiger partial charge in [-0.1, -0.05) is 27.2 Å². The SMILES string of the molecule is CCCCN(C)c1sc(C(=O)C(C)C)c(N)c1C(N)=O. The van der Waals surface area contributed by atoms with Gasteiger partial charge in [0.2, 0.25) is 0 Å². The molecule has 1 rings (SSSR count). The number of nitrogen functional groups attached to an aromatic ring is 1. The Morgan fingerprint density at radius 2 is 1.95 bits per heavy atom. The molecular formula is C14H23N3O2S. The number of hydrogen-bond acceptors (Lipinski definition) is 5. The summed E-state index contributed by atoms with van der Waals surface area (Å²) in [7, 11) is 1.89. The number of thiophene rings is 1. The van der Waals surface area contributed by atoms with Gasteiger partial charge in [-0.15, -0.1) is 11.3 Å². The zero-order valence-corrected chi connectivity index (χ0v) is 13.3. The summed E-state index contributed by atoms with van der Waals surface area (Å²) in [6.45, 7) is 6.52. The summed E-state index contributed by atoms with van der Waals surface area (Å²) in [5, 5.41) is 0.687. The van der Waals surface area contributed by atoms with E-state index < -0.39 is 5.91 Å². The molecule has 1 aromatic rings. The fourth-order valence-corrected chi connectivity index (χ4v) is 3.18. The number of primary amides is 1. The van der Waals surface area contributed by atoms with Gasteiger partial charge in [0, 0.05) is 19.5 Å². The van der Waals surface area contributed by atoms with E-state index in [1.54, 1.807) is 0 Å². The molecule has 0 aliphatic heterocycles. The van der Waals surface area contributed by atoms with Crippen molar-refractivity contribution >= 4 is 33.7 Å². The molecule has 0 fully saturated rings. The van der Waals surface area contributed by atoms with E-state index in [9.17, 15) is 9.59 Å². The number of Topliss-reactive ketones (excluding diaryl/α,β-unsaturated/α-hetero) is 1. The third-order valence-electron chi connectivity index (χ3n) is 3.11. The van der Waals surface area contributed by atoms with Crippen molar-refractivity contribution in [2.45, 2.75) is 33.6 Å². The summed E-state index contributed by atoms with van der Waals surface area (Å²) in [6.07, 6.45) is 2.05. The molecule has 0 saturated heterocycles. The number of carbonyl (C=O) groups is 2. The lowest BCUT2D eigenvalue weighted by atomic mass is 10.1. The van der Waals surface area contributed by atoms with Crippen LogP contribution < -0.4 is 16.4 Å². The van der Waals surface area contributed by atoms with Crippen molar-refractivity contribution in [2.24, 2.45) is 11.7 Å². The maximum Gasteiger partial charge on any atom is 0.253 e.